The molecule has 2 nitrogen and oxygen atoms in total. The van der Waals surface area contributed by atoms with Gasteiger partial charge in [-0.25, -0.2) is 0 Å². The molecular weight excluding hydrogens is 234 g/mol. The molecule has 0 aromatic rings. The summed E-state index contributed by atoms with van der Waals surface area (Å²) in [5, 5.41) is 0. The van der Waals surface area contributed by atoms with E-state index in [0.717, 1.165) is 19.4 Å². The smallest absolute Gasteiger partial charge is 0.126 e. The van der Waals surface area contributed by atoms with Crippen LogP contribution in [-0.2, 0) is 4.74 Å². The highest BCUT2D eigenvalue weighted by atomic mass is 16.5. The summed E-state index contributed by atoms with van der Waals surface area (Å²) in [5.41, 5.74) is -0.249. The Morgan fingerprint density at radius 1 is 1.16 bits per heavy atom. The summed E-state index contributed by atoms with van der Waals surface area (Å²) in [6.45, 7) is 10.9. The van der Waals surface area contributed by atoms with E-state index >= 15 is 0 Å². The van der Waals surface area contributed by atoms with E-state index in [0.29, 0.717) is 6.04 Å². The molecule has 2 fully saturated rings. The van der Waals surface area contributed by atoms with E-state index in [1.54, 1.807) is 0 Å². The molecule has 19 heavy (non-hydrogen) atoms. The maximum absolute atomic E-state index is 6.19. The molecule has 2 atom stereocenters. The zero-order chi connectivity index (χ0) is 13.9. The molecule has 0 aliphatic carbocycles. The Bertz CT molecular complexity index is 365. The Labute approximate surface area is 118 Å². The number of nitrogens with zero attached hydrogens (tertiary/aromatic N) is 1. The molecule has 2 aliphatic heterocycles. The fraction of sp³-hybridized carbons (Fsp3) is 0.882. The van der Waals surface area contributed by atoms with Crippen molar-refractivity contribution >= 4 is 0 Å². The van der Waals surface area contributed by atoms with Gasteiger partial charge >= 0.3 is 0 Å². The van der Waals surface area contributed by atoms with Crippen LogP contribution in [0.15, 0.2) is 0 Å². The molecule has 2 rings (SSSR count). The van der Waals surface area contributed by atoms with Gasteiger partial charge in [-0.2, -0.15) is 0 Å². The first kappa shape index (κ1) is 14.9. The van der Waals surface area contributed by atoms with Crippen LogP contribution in [0.1, 0.15) is 66.2 Å². The highest BCUT2D eigenvalue weighted by molar-refractivity contribution is 5.16. The highest BCUT2D eigenvalue weighted by Crippen LogP contribution is 2.34. The zero-order valence-electron chi connectivity index (χ0n) is 13.1. The molecule has 2 saturated heterocycles. The van der Waals surface area contributed by atoms with Gasteiger partial charge in [0.25, 0.3) is 0 Å². The molecule has 0 amide bonds. The van der Waals surface area contributed by atoms with Gasteiger partial charge in [-0.05, 0) is 66.3 Å². The lowest BCUT2D eigenvalue weighted by Crippen LogP contribution is -2.43. The van der Waals surface area contributed by atoms with Crippen LogP contribution in [0.25, 0.3) is 0 Å². The van der Waals surface area contributed by atoms with Gasteiger partial charge in [0, 0.05) is 6.04 Å². The second-order valence-electron chi connectivity index (χ2n) is 7.06. The Kier molecular flexibility index (Phi) is 4.58. The zero-order valence-corrected chi connectivity index (χ0v) is 13.1. The van der Waals surface area contributed by atoms with E-state index < -0.39 is 0 Å². The van der Waals surface area contributed by atoms with Crippen molar-refractivity contribution in [1.29, 1.82) is 0 Å². The fourth-order valence-electron chi connectivity index (χ4n) is 3.37. The summed E-state index contributed by atoms with van der Waals surface area (Å²) in [5.74, 6) is 6.79. The van der Waals surface area contributed by atoms with Crippen molar-refractivity contribution in [1.82, 2.24) is 4.90 Å². The van der Waals surface area contributed by atoms with Gasteiger partial charge in [0.05, 0.1) is 12.1 Å². The van der Waals surface area contributed by atoms with Crippen molar-refractivity contribution in [2.75, 3.05) is 13.1 Å². The maximum Gasteiger partial charge on any atom is 0.126 e. The molecule has 0 N–H and O–H groups in total. The first-order chi connectivity index (χ1) is 8.90. The molecule has 108 valence electrons. The van der Waals surface area contributed by atoms with E-state index in [-0.39, 0.29) is 11.2 Å². The van der Waals surface area contributed by atoms with Gasteiger partial charge in [-0.15, -0.1) is 0 Å². The van der Waals surface area contributed by atoms with Crippen molar-refractivity contribution in [3.8, 4) is 11.8 Å². The number of hydrogen-bond acceptors (Lipinski definition) is 2. The average molecular weight is 263 g/mol. The lowest BCUT2D eigenvalue weighted by Gasteiger charge is -2.40. The van der Waals surface area contributed by atoms with Crippen molar-refractivity contribution in [2.45, 2.75) is 83.5 Å². The third-order valence-corrected chi connectivity index (χ3v) is 4.51. The molecule has 0 bridgehead atoms. The fourth-order valence-corrected chi connectivity index (χ4v) is 3.37. The van der Waals surface area contributed by atoms with Crippen molar-refractivity contribution in [2.24, 2.45) is 0 Å². The van der Waals surface area contributed by atoms with Crippen LogP contribution in [0.3, 0.4) is 0 Å². The van der Waals surface area contributed by atoms with Gasteiger partial charge in [0.15, 0.2) is 0 Å². The predicted octanol–water partition coefficient (Wildman–Crippen LogP) is 3.60. The van der Waals surface area contributed by atoms with Crippen molar-refractivity contribution in [3.05, 3.63) is 0 Å². The van der Waals surface area contributed by atoms with E-state index in [1.807, 2.05) is 0 Å². The summed E-state index contributed by atoms with van der Waals surface area (Å²) in [6.07, 6.45) is 7.46. The first-order valence-corrected chi connectivity index (χ1v) is 7.85. The van der Waals surface area contributed by atoms with Crippen molar-refractivity contribution < 1.29 is 4.74 Å². The minimum Gasteiger partial charge on any atom is -0.357 e. The minimum atomic E-state index is -0.235. The second-order valence-corrected chi connectivity index (χ2v) is 7.06. The molecule has 2 heteroatoms. The van der Waals surface area contributed by atoms with E-state index in [9.17, 15) is 0 Å². The molecule has 0 aromatic carbocycles. The van der Waals surface area contributed by atoms with Crippen molar-refractivity contribution in [3.63, 3.8) is 0 Å². The number of ether oxygens (including phenoxy) is 1. The molecule has 0 spiro atoms. The average Bonchev–Trinajstić information content (AvgIpc) is 2.30. The summed E-state index contributed by atoms with van der Waals surface area (Å²) < 4.78 is 6.19. The van der Waals surface area contributed by atoms with Crippen LogP contribution in [0.2, 0.25) is 0 Å². The Morgan fingerprint density at radius 2 is 1.95 bits per heavy atom. The lowest BCUT2D eigenvalue weighted by molar-refractivity contribution is -0.135. The topological polar surface area (TPSA) is 12.5 Å². The molecule has 0 saturated carbocycles. The number of rotatable bonds is 1. The Balaban J connectivity index is 1.91. The molecule has 2 unspecified atom stereocenters. The number of likely N-dealkylation sites (tertiary alicyclic amines) is 1. The summed E-state index contributed by atoms with van der Waals surface area (Å²) >= 11 is 0. The molecule has 0 aromatic heterocycles. The monoisotopic (exact) mass is 263 g/mol. The van der Waals surface area contributed by atoms with Gasteiger partial charge in [0.2, 0.25) is 0 Å². The number of hydrogen-bond donors (Lipinski definition) is 0. The standard InChI is InChI=1S/C17H29NO/c1-15-9-5-6-13-18(15)14-8-12-17(4)11-7-10-16(2,3)19-17/h15H,5-7,9-11,13-14H2,1-4H3. The van der Waals surface area contributed by atoms with E-state index in [1.165, 1.54) is 32.2 Å². The van der Waals surface area contributed by atoms with E-state index in [4.69, 9.17) is 4.74 Å². The van der Waals surface area contributed by atoms with Crippen LogP contribution >= 0.6 is 0 Å². The third kappa shape index (κ3) is 4.23. The SMILES string of the molecule is CC1CCCCN1CC#CC1(C)CCCC(C)(C)O1. The van der Waals surface area contributed by atoms with Crippen LogP contribution in [0.4, 0.5) is 0 Å². The van der Waals surface area contributed by atoms with Gasteiger partial charge in [-0.3, -0.25) is 4.90 Å². The molecule has 2 heterocycles. The quantitative estimate of drug-likeness (QED) is 0.670. The normalized spacial score (nSPS) is 35.5. The summed E-state index contributed by atoms with van der Waals surface area (Å²) in [7, 11) is 0. The molecule has 0 radical (unpaired) electrons. The van der Waals surface area contributed by atoms with Gasteiger partial charge < -0.3 is 4.74 Å². The highest BCUT2D eigenvalue weighted by Gasteiger charge is 2.35. The Hall–Kier alpha value is -0.520. The third-order valence-electron chi connectivity index (χ3n) is 4.51. The van der Waals surface area contributed by atoms with Gasteiger partial charge in [-0.1, -0.05) is 18.3 Å². The summed E-state index contributed by atoms with van der Waals surface area (Å²) in [4.78, 5) is 2.51. The molecular formula is C17H29NO. The largest absolute Gasteiger partial charge is 0.357 e. The van der Waals surface area contributed by atoms with Crippen LogP contribution in [0, 0.1) is 11.8 Å². The Morgan fingerprint density at radius 3 is 2.63 bits per heavy atom. The lowest BCUT2D eigenvalue weighted by atomic mass is 9.88. The molecule has 2 aliphatic rings. The van der Waals surface area contributed by atoms with Gasteiger partial charge in [0.1, 0.15) is 5.60 Å². The minimum absolute atomic E-state index is 0.0138. The second kappa shape index (κ2) is 5.85. The van der Waals surface area contributed by atoms with E-state index in [2.05, 4.69) is 44.4 Å². The van der Waals surface area contributed by atoms with Crippen LogP contribution in [0.5, 0.6) is 0 Å². The number of piperidine rings is 1. The van der Waals surface area contributed by atoms with Crippen LogP contribution in [-0.4, -0.2) is 35.2 Å². The predicted molar refractivity (Wildman–Crippen MR) is 80.1 cm³/mol. The first-order valence-electron chi connectivity index (χ1n) is 7.85. The maximum atomic E-state index is 6.19. The summed E-state index contributed by atoms with van der Waals surface area (Å²) in [6, 6.07) is 0.694. The van der Waals surface area contributed by atoms with Crippen LogP contribution < -0.4 is 0 Å².